The molecule has 5 rings (SSSR count). The van der Waals surface area contributed by atoms with E-state index in [1.165, 1.54) is 16.5 Å². The summed E-state index contributed by atoms with van der Waals surface area (Å²) < 4.78 is 0. The Kier molecular flexibility index (Phi) is 5.28. The number of Topliss-reactive ketones (excluding diaryl/α,β-unsaturated/α-hetero) is 2. The molecule has 0 aromatic heterocycles. The van der Waals surface area contributed by atoms with Crippen molar-refractivity contribution >= 4 is 28.8 Å². The Balaban J connectivity index is 1.72. The van der Waals surface area contributed by atoms with Gasteiger partial charge >= 0.3 is 0 Å². The molecule has 36 heavy (non-hydrogen) atoms. The number of ketones is 2. The van der Waals surface area contributed by atoms with Crippen molar-refractivity contribution < 1.29 is 34.8 Å². The first-order chi connectivity index (χ1) is 16.9. The maximum atomic E-state index is 13.8. The number of amides is 1. The van der Waals surface area contributed by atoms with Gasteiger partial charge in [0, 0.05) is 11.5 Å². The Bertz CT molecular complexity index is 1380. The molecule has 1 saturated carbocycles. The Morgan fingerprint density at radius 3 is 2.42 bits per heavy atom. The van der Waals surface area contributed by atoms with Gasteiger partial charge in [-0.05, 0) is 69.0 Å². The molecule has 6 N–H and O–H groups in total. The molecule has 4 aliphatic rings. The van der Waals surface area contributed by atoms with Crippen LogP contribution < -0.4 is 5.73 Å². The fraction of sp³-hybridized carbons (Fsp3) is 0.370. The summed E-state index contributed by atoms with van der Waals surface area (Å²) >= 11 is 0. The normalized spacial score (nSPS) is 29.6. The maximum absolute atomic E-state index is 13.8. The zero-order valence-electron chi connectivity index (χ0n) is 20.2. The summed E-state index contributed by atoms with van der Waals surface area (Å²) in [5.41, 5.74) is 5.55. The van der Waals surface area contributed by atoms with Crippen LogP contribution in [-0.2, 0) is 20.8 Å². The van der Waals surface area contributed by atoms with Crippen LogP contribution in [0.15, 0.2) is 46.8 Å². The molecule has 0 unspecified atom stereocenters. The van der Waals surface area contributed by atoms with E-state index in [0.29, 0.717) is 12.0 Å². The largest absolute Gasteiger partial charge is 0.508 e. The van der Waals surface area contributed by atoms with E-state index >= 15 is 0 Å². The van der Waals surface area contributed by atoms with Crippen molar-refractivity contribution in [2.45, 2.75) is 37.8 Å². The number of hydrogen-bond acceptors (Lipinski definition) is 8. The molecule has 4 atom stereocenters. The fourth-order valence-electron chi connectivity index (χ4n) is 6.39. The molecule has 4 aliphatic carbocycles. The monoisotopic (exact) mass is 492 g/mol. The minimum atomic E-state index is -2.63. The van der Waals surface area contributed by atoms with E-state index < -0.39 is 58.0 Å². The van der Waals surface area contributed by atoms with E-state index in [4.69, 9.17) is 5.73 Å². The average Bonchev–Trinajstić information content (AvgIpc) is 3.22. The number of primary amides is 1. The number of rotatable bonds is 3. The lowest BCUT2D eigenvalue weighted by molar-refractivity contribution is -0.153. The fourth-order valence-corrected chi connectivity index (χ4v) is 6.39. The summed E-state index contributed by atoms with van der Waals surface area (Å²) in [6.07, 6.45) is 5.04. The van der Waals surface area contributed by atoms with Crippen molar-refractivity contribution in [3.05, 3.63) is 63.5 Å². The average molecular weight is 493 g/mol. The second-order valence-electron chi connectivity index (χ2n) is 10.3. The van der Waals surface area contributed by atoms with Crippen LogP contribution in [0.2, 0.25) is 0 Å². The highest BCUT2D eigenvalue weighted by molar-refractivity contribution is 6.24. The standard InChI is InChI=1S/C27H28N2O7/c1-11-4-5-12(8-11)14-6-7-17(30)19-15(14)9-13-10-16-21(29(2)3)23(32)20(26(28)35)25(34)27(16,36)24(33)18(13)22(19)31/h4-7,13,16,21,30-31,34,36H,8-10H2,1-3H3,(H2,28,35)/t13-,16-,21-,27-/m0/s1. The lowest BCUT2D eigenvalue weighted by Crippen LogP contribution is -2.65. The third kappa shape index (κ3) is 3.06. The number of nitrogens with two attached hydrogens (primary N) is 1. The molecule has 1 fully saturated rings. The number of allylic oxidation sites excluding steroid dienone is 4. The minimum Gasteiger partial charge on any atom is -0.508 e. The van der Waals surface area contributed by atoms with Gasteiger partial charge in [-0.3, -0.25) is 19.3 Å². The molecule has 0 radical (unpaired) electrons. The van der Waals surface area contributed by atoms with Crippen molar-refractivity contribution in [3.8, 4) is 5.75 Å². The van der Waals surface area contributed by atoms with Gasteiger partial charge in [-0.1, -0.05) is 23.8 Å². The zero-order valence-corrected chi connectivity index (χ0v) is 20.2. The van der Waals surface area contributed by atoms with Gasteiger partial charge in [-0.25, -0.2) is 0 Å². The van der Waals surface area contributed by atoms with Crippen LogP contribution in [0.3, 0.4) is 0 Å². The van der Waals surface area contributed by atoms with Crippen LogP contribution in [0.5, 0.6) is 5.75 Å². The molecule has 0 heterocycles. The summed E-state index contributed by atoms with van der Waals surface area (Å²) in [4.78, 5) is 40.5. The number of carbonyl (C=O) groups excluding carboxylic acids is 3. The number of benzene rings is 1. The number of phenolic OH excluding ortho intramolecular Hbond substituents is 1. The first-order valence-corrected chi connectivity index (χ1v) is 11.8. The predicted molar refractivity (Wildman–Crippen MR) is 131 cm³/mol. The second-order valence-corrected chi connectivity index (χ2v) is 10.3. The van der Waals surface area contributed by atoms with Crippen molar-refractivity contribution in [2.24, 2.45) is 17.6 Å². The van der Waals surface area contributed by atoms with E-state index in [-0.39, 0.29) is 29.7 Å². The summed E-state index contributed by atoms with van der Waals surface area (Å²) in [5.74, 6) is -6.50. The minimum absolute atomic E-state index is 0.0667. The Labute approximate surface area is 207 Å². The zero-order chi connectivity index (χ0) is 26.3. The van der Waals surface area contributed by atoms with Crippen LogP contribution in [-0.4, -0.2) is 68.5 Å². The van der Waals surface area contributed by atoms with Gasteiger partial charge in [0.15, 0.2) is 11.4 Å². The maximum Gasteiger partial charge on any atom is 0.255 e. The lowest BCUT2D eigenvalue weighted by atomic mass is 9.57. The highest BCUT2D eigenvalue weighted by Gasteiger charge is 2.64. The predicted octanol–water partition coefficient (Wildman–Crippen LogP) is 1.70. The molecule has 188 valence electrons. The Morgan fingerprint density at radius 2 is 1.83 bits per heavy atom. The van der Waals surface area contributed by atoms with E-state index in [2.05, 4.69) is 0 Å². The van der Waals surface area contributed by atoms with Crippen molar-refractivity contribution in [1.82, 2.24) is 4.90 Å². The molecule has 0 bridgehead atoms. The van der Waals surface area contributed by atoms with E-state index in [0.717, 1.165) is 11.1 Å². The van der Waals surface area contributed by atoms with Crippen LogP contribution >= 0.6 is 0 Å². The van der Waals surface area contributed by atoms with E-state index in [9.17, 15) is 34.8 Å². The van der Waals surface area contributed by atoms with Crippen LogP contribution in [0.25, 0.3) is 11.3 Å². The third-order valence-electron chi connectivity index (χ3n) is 7.99. The SMILES string of the molecule is CC1=CC=C(c2ccc(O)c3c2C[C@H]2C[C@H]4[C@H](N(C)C)C(=O)C(C(N)=O)=C(O)[C@@]4(O)C(=O)C2=C3O)C1. The van der Waals surface area contributed by atoms with Gasteiger partial charge in [0.25, 0.3) is 5.91 Å². The van der Waals surface area contributed by atoms with Gasteiger partial charge in [-0.15, -0.1) is 0 Å². The van der Waals surface area contributed by atoms with Crippen molar-refractivity contribution in [2.75, 3.05) is 14.1 Å². The lowest BCUT2D eigenvalue weighted by Gasteiger charge is -2.50. The van der Waals surface area contributed by atoms with E-state index in [1.54, 1.807) is 20.2 Å². The second kappa shape index (κ2) is 7.91. The molecule has 0 spiro atoms. The number of carbonyl (C=O) groups is 3. The molecule has 0 aliphatic heterocycles. The Hall–Kier alpha value is -3.69. The molecule has 1 amide bonds. The number of phenols is 1. The number of aliphatic hydroxyl groups is 3. The van der Waals surface area contributed by atoms with Gasteiger partial charge in [0.1, 0.15) is 22.8 Å². The van der Waals surface area contributed by atoms with Gasteiger partial charge in [-0.2, -0.15) is 0 Å². The highest BCUT2D eigenvalue weighted by Crippen LogP contribution is 2.53. The molecule has 9 nitrogen and oxygen atoms in total. The number of fused-ring (bicyclic) bond motifs is 3. The van der Waals surface area contributed by atoms with Crippen LogP contribution in [0.1, 0.15) is 36.5 Å². The number of aromatic hydroxyl groups is 1. The van der Waals surface area contributed by atoms with Crippen LogP contribution in [0.4, 0.5) is 0 Å². The molecule has 1 aromatic rings. The van der Waals surface area contributed by atoms with Crippen molar-refractivity contribution in [3.63, 3.8) is 0 Å². The van der Waals surface area contributed by atoms with E-state index in [1.807, 2.05) is 19.1 Å². The summed E-state index contributed by atoms with van der Waals surface area (Å²) in [7, 11) is 3.15. The molecular formula is C27H28N2O7. The third-order valence-corrected chi connectivity index (χ3v) is 7.99. The quantitative estimate of drug-likeness (QED) is 0.398. The molecule has 0 saturated heterocycles. The number of hydrogen-bond donors (Lipinski definition) is 5. The Morgan fingerprint density at radius 1 is 1.14 bits per heavy atom. The van der Waals surface area contributed by atoms with Crippen molar-refractivity contribution in [1.29, 1.82) is 0 Å². The first-order valence-electron chi connectivity index (χ1n) is 11.8. The summed E-state index contributed by atoms with van der Waals surface area (Å²) in [5, 5.41) is 44.5. The summed E-state index contributed by atoms with van der Waals surface area (Å²) in [6.45, 7) is 2.01. The highest BCUT2D eigenvalue weighted by atomic mass is 16.3. The molecule has 9 heteroatoms. The van der Waals surface area contributed by atoms with Gasteiger partial charge in [0.05, 0.1) is 11.6 Å². The number of nitrogens with zero attached hydrogens (tertiary/aromatic N) is 1. The first kappa shape index (κ1) is 24.0. The topological polar surface area (TPSA) is 161 Å². The number of aliphatic hydroxyl groups excluding tert-OH is 2. The smallest absolute Gasteiger partial charge is 0.255 e. The van der Waals surface area contributed by atoms with Gasteiger partial charge in [0.2, 0.25) is 5.78 Å². The molecular weight excluding hydrogens is 464 g/mol. The number of likely N-dealkylation sites (N-methyl/N-ethyl adjacent to an activating group) is 1. The van der Waals surface area contributed by atoms with Gasteiger partial charge < -0.3 is 26.2 Å². The summed E-state index contributed by atoms with van der Waals surface area (Å²) in [6, 6.07) is 2.14. The van der Waals surface area contributed by atoms with Crippen LogP contribution in [0, 0.1) is 11.8 Å². The molecule has 1 aromatic carbocycles.